The van der Waals surface area contributed by atoms with Crippen molar-refractivity contribution in [1.82, 2.24) is 9.97 Å². The van der Waals surface area contributed by atoms with Gasteiger partial charge in [-0.2, -0.15) is 0 Å². The summed E-state index contributed by atoms with van der Waals surface area (Å²) >= 11 is 3.51. The van der Waals surface area contributed by atoms with Crippen LogP contribution in [0.5, 0.6) is 0 Å². The number of benzene rings is 1. The zero-order chi connectivity index (χ0) is 15.6. The number of anilines is 3. The maximum atomic E-state index is 4.63. The number of halogens is 1. The van der Waals surface area contributed by atoms with E-state index in [-0.39, 0.29) is 5.41 Å². The summed E-state index contributed by atoms with van der Waals surface area (Å²) in [6.07, 6.45) is 0. The lowest BCUT2D eigenvalue weighted by molar-refractivity contribution is 0.547. The van der Waals surface area contributed by atoms with Gasteiger partial charge in [0, 0.05) is 28.7 Å². The summed E-state index contributed by atoms with van der Waals surface area (Å²) in [4.78, 5) is 9.15. The molecule has 0 atom stereocenters. The molecular weight excluding hydrogens is 328 g/mol. The molecule has 4 nitrogen and oxygen atoms in total. The Labute approximate surface area is 134 Å². The standard InChI is InChI=1S/C16H21BrN4/c1-10-8-11(6-7-12(10)17)19-14-9-13(18-5)20-15(21-14)16(2,3)4/h6-9H,1-5H3,(H2,18,19,20,21). The summed E-state index contributed by atoms with van der Waals surface area (Å²) in [5, 5.41) is 6.43. The molecule has 0 aliphatic carbocycles. The van der Waals surface area contributed by atoms with Gasteiger partial charge in [0.2, 0.25) is 0 Å². The van der Waals surface area contributed by atoms with E-state index in [1.807, 2.05) is 25.2 Å². The van der Waals surface area contributed by atoms with Crippen LogP contribution in [0.25, 0.3) is 0 Å². The number of nitrogens with one attached hydrogen (secondary N) is 2. The van der Waals surface area contributed by atoms with E-state index >= 15 is 0 Å². The van der Waals surface area contributed by atoms with Gasteiger partial charge in [0.15, 0.2) is 0 Å². The van der Waals surface area contributed by atoms with Gasteiger partial charge in [0.1, 0.15) is 17.5 Å². The van der Waals surface area contributed by atoms with Crippen molar-refractivity contribution in [2.24, 2.45) is 0 Å². The van der Waals surface area contributed by atoms with Crippen LogP contribution in [0.4, 0.5) is 17.3 Å². The number of nitrogens with zero attached hydrogens (tertiary/aromatic N) is 2. The molecule has 0 saturated heterocycles. The topological polar surface area (TPSA) is 49.8 Å². The quantitative estimate of drug-likeness (QED) is 0.848. The smallest absolute Gasteiger partial charge is 0.138 e. The molecule has 1 aromatic heterocycles. The predicted octanol–water partition coefficient (Wildman–Crippen LogP) is 4.63. The molecule has 0 aliphatic rings. The minimum atomic E-state index is -0.0983. The second-order valence-electron chi connectivity index (χ2n) is 6.05. The SMILES string of the molecule is CNc1cc(Nc2ccc(Br)c(C)c2)nc(C(C)(C)C)n1. The lowest BCUT2D eigenvalue weighted by Crippen LogP contribution is -2.17. The molecule has 1 aromatic carbocycles. The van der Waals surface area contributed by atoms with Crippen LogP contribution >= 0.6 is 15.9 Å². The Morgan fingerprint density at radius 1 is 1.05 bits per heavy atom. The Hall–Kier alpha value is -1.62. The summed E-state index contributed by atoms with van der Waals surface area (Å²) in [7, 11) is 1.86. The van der Waals surface area contributed by atoms with Crippen molar-refractivity contribution in [2.45, 2.75) is 33.1 Å². The van der Waals surface area contributed by atoms with E-state index in [0.29, 0.717) is 0 Å². The molecule has 2 aromatic rings. The Bertz CT molecular complexity index is 647. The van der Waals surface area contributed by atoms with Crippen molar-refractivity contribution in [3.05, 3.63) is 40.1 Å². The molecule has 2 N–H and O–H groups in total. The predicted molar refractivity (Wildman–Crippen MR) is 92.4 cm³/mol. The molecule has 0 saturated carbocycles. The molecule has 112 valence electrons. The van der Waals surface area contributed by atoms with Crippen LogP contribution in [0.3, 0.4) is 0 Å². The van der Waals surface area contributed by atoms with Gasteiger partial charge in [-0.05, 0) is 30.7 Å². The lowest BCUT2D eigenvalue weighted by atomic mass is 9.96. The average Bonchev–Trinajstić information content (AvgIpc) is 2.41. The molecule has 21 heavy (non-hydrogen) atoms. The van der Waals surface area contributed by atoms with Crippen molar-refractivity contribution in [3.8, 4) is 0 Å². The maximum absolute atomic E-state index is 4.63. The van der Waals surface area contributed by atoms with Gasteiger partial charge in [-0.15, -0.1) is 0 Å². The van der Waals surface area contributed by atoms with Crippen LogP contribution in [0.15, 0.2) is 28.7 Å². The van der Waals surface area contributed by atoms with Gasteiger partial charge < -0.3 is 10.6 Å². The third-order valence-electron chi connectivity index (χ3n) is 3.08. The van der Waals surface area contributed by atoms with Crippen molar-refractivity contribution in [1.29, 1.82) is 0 Å². The van der Waals surface area contributed by atoms with Crippen molar-refractivity contribution in [3.63, 3.8) is 0 Å². The van der Waals surface area contributed by atoms with Crippen molar-refractivity contribution < 1.29 is 0 Å². The summed E-state index contributed by atoms with van der Waals surface area (Å²) in [6, 6.07) is 8.05. The monoisotopic (exact) mass is 348 g/mol. The van der Waals surface area contributed by atoms with Crippen LogP contribution < -0.4 is 10.6 Å². The third-order valence-corrected chi connectivity index (χ3v) is 3.97. The molecule has 0 radical (unpaired) electrons. The molecule has 1 heterocycles. The van der Waals surface area contributed by atoms with E-state index in [4.69, 9.17) is 0 Å². The highest BCUT2D eigenvalue weighted by molar-refractivity contribution is 9.10. The fourth-order valence-corrected chi connectivity index (χ4v) is 2.09. The molecule has 0 unspecified atom stereocenters. The van der Waals surface area contributed by atoms with Gasteiger partial charge in [0.05, 0.1) is 0 Å². The van der Waals surface area contributed by atoms with Crippen molar-refractivity contribution >= 4 is 33.3 Å². The van der Waals surface area contributed by atoms with E-state index in [1.54, 1.807) is 0 Å². The largest absolute Gasteiger partial charge is 0.373 e. The lowest BCUT2D eigenvalue weighted by Gasteiger charge is -2.19. The first-order valence-corrected chi connectivity index (χ1v) is 7.69. The minimum Gasteiger partial charge on any atom is -0.373 e. The van der Waals surface area contributed by atoms with E-state index in [0.717, 1.165) is 27.6 Å². The Morgan fingerprint density at radius 2 is 1.71 bits per heavy atom. The van der Waals surface area contributed by atoms with Gasteiger partial charge in [-0.1, -0.05) is 36.7 Å². The van der Waals surface area contributed by atoms with E-state index in [2.05, 4.69) is 70.3 Å². The summed E-state index contributed by atoms with van der Waals surface area (Å²) in [6.45, 7) is 8.38. The maximum Gasteiger partial charge on any atom is 0.138 e. The Balaban J connectivity index is 2.36. The number of rotatable bonds is 3. The number of aromatic nitrogens is 2. The van der Waals surface area contributed by atoms with Crippen LogP contribution in [-0.4, -0.2) is 17.0 Å². The van der Waals surface area contributed by atoms with Crippen LogP contribution in [0.1, 0.15) is 32.2 Å². The first kappa shape index (κ1) is 15.8. The number of aryl methyl sites for hydroxylation is 1. The Morgan fingerprint density at radius 3 is 2.29 bits per heavy atom. The highest BCUT2D eigenvalue weighted by atomic mass is 79.9. The van der Waals surface area contributed by atoms with Gasteiger partial charge in [0.25, 0.3) is 0 Å². The number of hydrogen-bond donors (Lipinski definition) is 2. The van der Waals surface area contributed by atoms with Gasteiger partial charge in [-0.25, -0.2) is 9.97 Å². The van der Waals surface area contributed by atoms with Crippen LogP contribution in [0, 0.1) is 6.92 Å². The fraction of sp³-hybridized carbons (Fsp3) is 0.375. The summed E-state index contributed by atoms with van der Waals surface area (Å²) < 4.78 is 1.10. The number of hydrogen-bond acceptors (Lipinski definition) is 4. The molecule has 0 amide bonds. The van der Waals surface area contributed by atoms with E-state index < -0.39 is 0 Å². The zero-order valence-electron chi connectivity index (χ0n) is 13.1. The Kier molecular flexibility index (Phi) is 4.52. The second-order valence-corrected chi connectivity index (χ2v) is 6.91. The highest BCUT2D eigenvalue weighted by Gasteiger charge is 2.19. The fourth-order valence-electron chi connectivity index (χ4n) is 1.85. The molecule has 2 rings (SSSR count). The van der Waals surface area contributed by atoms with Crippen molar-refractivity contribution in [2.75, 3.05) is 17.7 Å². The molecule has 0 bridgehead atoms. The first-order chi connectivity index (χ1) is 9.79. The summed E-state index contributed by atoms with van der Waals surface area (Å²) in [5.41, 5.74) is 2.09. The molecule has 0 aliphatic heterocycles. The molecular formula is C16H21BrN4. The zero-order valence-corrected chi connectivity index (χ0v) is 14.7. The second kappa shape index (κ2) is 6.02. The van der Waals surface area contributed by atoms with E-state index in [9.17, 15) is 0 Å². The average molecular weight is 349 g/mol. The first-order valence-electron chi connectivity index (χ1n) is 6.90. The van der Waals surface area contributed by atoms with Gasteiger partial charge in [-0.3, -0.25) is 0 Å². The highest BCUT2D eigenvalue weighted by Crippen LogP contribution is 2.26. The normalized spacial score (nSPS) is 11.3. The summed E-state index contributed by atoms with van der Waals surface area (Å²) in [5.74, 6) is 2.41. The van der Waals surface area contributed by atoms with Crippen LogP contribution in [-0.2, 0) is 5.41 Å². The van der Waals surface area contributed by atoms with E-state index in [1.165, 1.54) is 5.56 Å². The molecule has 5 heteroatoms. The van der Waals surface area contributed by atoms with Crippen LogP contribution in [0.2, 0.25) is 0 Å². The third kappa shape index (κ3) is 3.94. The molecule has 0 fully saturated rings. The van der Waals surface area contributed by atoms with Gasteiger partial charge >= 0.3 is 0 Å². The minimum absolute atomic E-state index is 0.0983. The molecule has 0 spiro atoms.